The highest BCUT2D eigenvalue weighted by atomic mass is 16.6. The van der Waals surface area contributed by atoms with Crippen LogP contribution < -0.4 is 5.32 Å². The number of ether oxygens (including phenoxy) is 1. The van der Waals surface area contributed by atoms with Crippen LogP contribution >= 0.6 is 0 Å². The molecule has 0 saturated carbocycles. The Hall–Kier alpha value is -2.41. The van der Waals surface area contributed by atoms with Gasteiger partial charge in [0.1, 0.15) is 6.54 Å². The van der Waals surface area contributed by atoms with E-state index in [2.05, 4.69) is 5.32 Å². The first kappa shape index (κ1) is 16.4. The molecule has 1 aromatic carbocycles. The highest BCUT2D eigenvalue weighted by molar-refractivity contribution is 6.04. The van der Waals surface area contributed by atoms with Crippen molar-refractivity contribution in [1.82, 2.24) is 15.1 Å². The van der Waals surface area contributed by atoms with E-state index in [4.69, 9.17) is 4.74 Å². The Balaban J connectivity index is 1.65. The van der Waals surface area contributed by atoms with E-state index in [0.717, 1.165) is 10.5 Å². The number of nitrogens with zero attached hydrogens (tertiary/aromatic N) is 2. The monoisotopic (exact) mass is 331 g/mol. The Bertz CT molecular complexity index is 659. The number of hydrogen-bond donors (Lipinski definition) is 1. The number of amides is 3. The van der Waals surface area contributed by atoms with Crippen LogP contribution in [0.15, 0.2) is 30.3 Å². The highest BCUT2D eigenvalue weighted by Crippen LogP contribution is 2.24. The Kier molecular flexibility index (Phi) is 4.28. The zero-order chi connectivity index (χ0) is 17.3. The van der Waals surface area contributed by atoms with Crippen LogP contribution in [0.5, 0.6) is 0 Å². The third kappa shape index (κ3) is 3.12. The summed E-state index contributed by atoms with van der Waals surface area (Å²) in [6.45, 7) is 4.48. The molecule has 3 amide bonds. The number of carbonyl (C=O) groups excluding carboxylic acids is 3. The van der Waals surface area contributed by atoms with Crippen molar-refractivity contribution < 1.29 is 19.1 Å². The second-order valence-corrected chi connectivity index (χ2v) is 6.53. The third-order valence-electron chi connectivity index (χ3n) is 4.35. The zero-order valence-corrected chi connectivity index (χ0v) is 13.8. The molecule has 1 atom stereocenters. The maximum atomic E-state index is 12.5. The Morgan fingerprint density at radius 2 is 2.00 bits per heavy atom. The van der Waals surface area contributed by atoms with Crippen molar-refractivity contribution in [3.8, 4) is 0 Å². The SMILES string of the molecule is CC1(C)OC(=O)N(CC(=O)N2CCN[C@H](c3ccccc3)C2)C1=O. The van der Waals surface area contributed by atoms with Crippen LogP contribution in [0.1, 0.15) is 25.5 Å². The minimum atomic E-state index is -1.20. The molecule has 0 bridgehead atoms. The maximum absolute atomic E-state index is 12.5. The molecule has 0 spiro atoms. The Morgan fingerprint density at radius 1 is 1.29 bits per heavy atom. The van der Waals surface area contributed by atoms with Gasteiger partial charge in [-0.25, -0.2) is 9.69 Å². The summed E-state index contributed by atoms with van der Waals surface area (Å²) in [6, 6.07) is 9.92. The molecule has 3 rings (SSSR count). The lowest BCUT2D eigenvalue weighted by Crippen LogP contribution is -2.52. The van der Waals surface area contributed by atoms with E-state index in [1.54, 1.807) is 4.90 Å². The molecular formula is C17H21N3O4. The molecule has 0 radical (unpaired) electrons. The molecule has 2 heterocycles. The van der Waals surface area contributed by atoms with E-state index >= 15 is 0 Å². The molecule has 0 aromatic heterocycles. The molecule has 0 aliphatic carbocycles. The van der Waals surface area contributed by atoms with Crippen LogP contribution in [-0.2, 0) is 14.3 Å². The van der Waals surface area contributed by atoms with Gasteiger partial charge in [-0.05, 0) is 19.4 Å². The average Bonchev–Trinajstić information content (AvgIpc) is 2.77. The number of benzene rings is 1. The van der Waals surface area contributed by atoms with Gasteiger partial charge in [0, 0.05) is 25.7 Å². The van der Waals surface area contributed by atoms with Gasteiger partial charge < -0.3 is 15.0 Å². The molecular weight excluding hydrogens is 310 g/mol. The van der Waals surface area contributed by atoms with Gasteiger partial charge >= 0.3 is 6.09 Å². The fourth-order valence-corrected chi connectivity index (χ4v) is 2.98. The molecule has 1 aromatic rings. The van der Waals surface area contributed by atoms with Crippen LogP contribution in [0.25, 0.3) is 0 Å². The van der Waals surface area contributed by atoms with Crippen molar-refractivity contribution in [3.63, 3.8) is 0 Å². The molecule has 128 valence electrons. The fraction of sp³-hybridized carbons (Fsp3) is 0.471. The van der Waals surface area contributed by atoms with Gasteiger partial charge in [-0.15, -0.1) is 0 Å². The van der Waals surface area contributed by atoms with Gasteiger partial charge in [0.05, 0.1) is 0 Å². The lowest BCUT2D eigenvalue weighted by molar-refractivity contribution is -0.140. The van der Waals surface area contributed by atoms with E-state index in [1.165, 1.54) is 13.8 Å². The quantitative estimate of drug-likeness (QED) is 0.891. The lowest BCUT2D eigenvalue weighted by Gasteiger charge is -2.34. The number of carbonyl (C=O) groups is 3. The zero-order valence-electron chi connectivity index (χ0n) is 13.8. The number of rotatable bonds is 3. The second kappa shape index (κ2) is 6.24. The van der Waals surface area contributed by atoms with Gasteiger partial charge in [0.2, 0.25) is 5.91 Å². The first-order chi connectivity index (χ1) is 11.4. The summed E-state index contributed by atoms with van der Waals surface area (Å²) < 4.78 is 5.01. The van der Waals surface area contributed by atoms with Crippen LogP contribution in [0, 0.1) is 0 Å². The van der Waals surface area contributed by atoms with Crippen LogP contribution in [0.4, 0.5) is 4.79 Å². The second-order valence-electron chi connectivity index (χ2n) is 6.53. The molecule has 1 N–H and O–H groups in total. The third-order valence-corrected chi connectivity index (χ3v) is 4.35. The van der Waals surface area contributed by atoms with E-state index in [9.17, 15) is 14.4 Å². The molecule has 2 saturated heterocycles. The van der Waals surface area contributed by atoms with Crippen molar-refractivity contribution in [3.05, 3.63) is 35.9 Å². The Morgan fingerprint density at radius 3 is 2.62 bits per heavy atom. The predicted molar refractivity (Wildman–Crippen MR) is 86.0 cm³/mol. The van der Waals surface area contributed by atoms with E-state index in [-0.39, 0.29) is 18.5 Å². The summed E-state index contributed by atoms with van der Waals surface area (Å²) in [5, 5.41) is 3.38. The van der Waals surface area contributed by atoms with Crippen molar-refractivity contribution in [2.75, 3.05) is 26.2 Å². The number of piperazine rings is 1. The first-order valence-corrected chi connectivity index (χ1v) is 7.99. The predicted octanol–water partition coefficient (Wildman–Crippen LogP) is 0.917. The van der Waals surface area contributed by atoms with Gasteiger partial charge in [-0.1, -0.05) is 30.3 Å². The van der Waals surface area contributed by atoms with E-state index in [1.807, 2.05) is 30.3 Å². The average molecular weight is 331 g/mol. The topological polar surface area (TPSA) is 79.0 Å². The summed E-state index contributed by atoms with van der Waals surface area (Å²) in [5.74, 6) is -0.726. The van der Waals surface area contributed by atoms with Gasteiger partial charge in [0.15, 0.2) is 5.60 Å². The first-order valence-electron chi connectivity index (χ1n) is 7.99. The van der Waals surface area contributed by atoms with Crippen LogP contribution in [0.2, 0.25) is 0 Å². The molecule has 2 aliphatic heterocycles. The Labute approximate surface area is 140 Å². The summed E-state index contributed by atoms with van der Waals surface area (Å²) in [6.07, 6.45) is -0.756. The molecule has 2 aliphatic rings. The molecule has 7 heteroatoms. The summed E-state index contributed by atoms with van der Waals surface area (Å²) >= 11 is 0. The van der Waals surface area contributed by atoms with Gasteiger partial charge in [-0.2, -0.15) is 0 Å². The smallest absolute Gasteiger partial charge is 0.418 e. The normalized spacial score (nSPS) is 23.3. The van der Waals surface area contributed by atoms with E-state index < -0.39 is 17.6 Å². The summed E-state index contributed by atoms with van der Waals surface area (Å²) in [7, 11) is 0. The number of nitrogens with one attached hydrogen (secondary N) is 1. The molecule has 0 unspecified atom stereocenters. The standard InChI is InChI=1S/C17H21N3O4/c1-17(2)15(22)20(16(23)24-17)11-14(21)19-9-8-18-13(10-19)12-6-4-3-5-7-12/h3-7,13,18H,8-11H2,1-2H3/t13-/m0/s1. The summed E-state index contributed by atoms with van der Waals surface area (Å²) in [4.78, 5) is 39.0. The van der Waals surface area contributed by atoms with Crippen LogP contribution in [0.3, 0.4) is 0 Å². The summed E-state index contributed by atoms with van der Waals surface area (Å²) in [5.41, 5.74) is -0.0966. The van der Waals surface area contributed by atoms with Crippen LogP contribution in [-0.4, -0.2) is 59.5 Å². The molecule has 7 nitrogen and oxygen atoms in total. The number of imide groups is 1. The molecule has 24 heavy (non-hydrogen) atoms. The minimum Gasteiger partial charge on any atom is -0.433 e. The van der Waals surface area contributed by atoms with Gasteiger partial charge in [-0.3, -0.25) is 9.59 Å². The highest BCUT2D eigenvalue weighted by Gasteiger charge is 2.48. The molecule has 2 fully saturated rings. The van der Waals surface area contributed by atoms with Gasteiger partial charge in [0.25, 0.3) is 5.91 Å². The number of hydrogen-bond acceptors (Lipinski definition) is 5. The number of cyclic esters (lactones) is 1. The maximum Gasteiger partial charge on any atom is 0.418 e. The minimum absolute atomic E-state index is 0.0431. The van der Waals surface area contributed by atoms with E-state index in [0.29, 0.717) is 19.6 Å². The van der Waals surface area contributed by atoms with Crippen molar-refractivity contribution >= 4 is 17.9 Å². The largest absolute Gasteiger partial charge is 0.433 e. The lowest BCUT2D eigenvalue weighted by atomic mass is 10.0. The van der Waals surface area contributed by atoms with Crippen molar-refractivity contribution in [2.45, 2.75) is 25.5 Å². The van der Waals surface area contributed by atoms with Crippen molar-refractivity contribution in [2.24, 2.45) is 0 Å². The van der Waals surface area contributed by atoms with Crippen molar-refractivity contribution in [1.29, 1.82) is 0 Å². The fourth-order valence-electron chi connectivity index (χ4n) is 2.98.